The first-order valence-electron chi connectivity index (χ1n) is 11.0. The Kier molecular flexibility index (Phi) is 8.57. The fraction of sp³-hybridized carbons (Fsp3) is 0.458. The van der Waals surface area contributed by atoms with Crippen molar-refractivity contribution in [1.29, 1.82) is 0 Å². The number of hydrogen-bond donors (Lipinski definition) is 1. The molecule has 0 aliphatic carbocycles. The zero-order chi connectivity index (χ0) is 23.1. The fourth-order valence-corrected chi connectivity index (χ4v) is 5.48. The zero-order valence-corrected chi connectivity index (χ0v) is 20.2. The van der Waals surface area contributed by atoms with E-state index in [9.17, 15) is 13.2 Å². The SMILES string of the molecule is CC(C)Oc1cccc(CCCNC(=O)C2CCCN(S(=O)(=O)c3ccc(Cl)cc3)C2)c1. The van der Waals surface area contributed by atoms with Crippen LogP contribution in [0.2, 0.25) is 5.02 Å². The third-order valence-corrected chi connectivity index (χ3v) is 7.55. The van der Waals surface area contributed by atoms with E-state index in [2.05, 4.69) is 11.4 Å². The summed E-state index contributed by atoms with van der Waals surface area (Å²) in [6, 6.07) is 14.1. The van der Waals surface area contributed by atoms with Crippen LogP contribution < -0.4 is 10.1 Å². The first kappa shape index (κ1) is 24.6. The number of nitrogens with zero attached hydrogens (tertiary/aromatic N) is 1. The molecule has 1 unspecified atom stereocenters. The molecule has 0 saturated carbocycles. The largest absolute Gasteiger partial charge is 0.491 e. The van der Waals surface area contributed by atoms with Crippen LogP contribution in [0.15, 0.2) is 53.4 Å². The summed E-state index contributed by atoms with van der Waals surface area (Å²) in [5, 5.41) is 3.46. The maximum Gasteiger partial charge on any atom is 0.243 e. The molecule has 1 aliphatic rings. The summed E-state index contributed by atoms with van der Waals surface area (Å²) in [6.45, 7) is 5.16. The summed E-state index contributed by atoms with van der Waals surface area (Å²) in [6.07, 6.45) is 3.11. The monoisotopic (exact) mass is 478 g/mol. The normalized spacial score (nSPS) is 17.3. The molecule has 8 heteroatoms. The van der Waals surface area contributed by atoms with Gasteiger partial charge in [0.1, 0.15) is 5.75 Å². The molecule has 2 aromatic rings. The molecule has 1 amide bonds. The van der Waals surface area contributed by atoms with Crippen molar-refractivity contribution < 1.29 is 17.9 Å². The Labute approximate surface area is 196 Å². The van der Waals surface area contributed by atoms with E-state index in [1.807, 2.05) is 32.0 Å². The lowest BCUT2D eigenvalue weighted by Gasteiger charge is -2.31. The molecule has 1 atom stereocenters. The summed E-state index contributed by atoms with van der Waals surface area (Å²) in [7, 11) is -3.64. The smallest absolute Gasteiger partial charge is 0.243 e. The summed E-state index contributed by atoms with van der Waals surface area (Å²) in [5.74, 6) is 0.428. The number of piperidine rings is 1. The first-order valence-corrected chi connectivity index (χ1v) is 12.9. The van der Waals surface area contributed by atoms with Gasteiger partial charge in [0.15, 0.2) is 0 Å². The van der Waals surface area contributed by atoms with E-state index >= 15 is 0 Å². The molecule has 0 spiro atoms. The first-order chi connectivity index (χ1) is 15.3. The highest BCUT2D eigenvalue weighted by atomic mass is 35.5. The van der Waals surface area contributed by atoms with Crippen LogP contribution in [-0.2, 0) is 21.2 Å². The van der Waals surface area contributed by atoms with E-state index in [4.69, 9.17) is 16.3 Å². The third kappa shape index (κ3) is 6.70. The van der Waals surface area contributed by atoms with Crippen LogP contribution in [0.3, 0.4) is 0 Å². The number of amides is 1. The van der Waals surface area contributed by atoms with E-state index in [-0.39, 0.29) is 29.4 Å². The number of rotatable bonds is 9. The van der Waals surface area contributed by atoms with Crippen LogP contribution in [-0.4, -0.2) is 44.4 Å². The van der Waals surface area contributed by atoms with Crippen LogP contribution in [0.1, 0.15) is 38.7 Å². The van der Waals surface area contributed by atoms with Crippen molar-refractivity contribution >= 4 is 27.5 Å². The second kappa shape index (κ2) is 11.2. The number of carbonyl (C=O) groups excluding carboxylic acids is 1. The van der Waals surface area contributed by atoms with Gasteiger partial charge in [0.05, 0.1) is 16.9 Å². The van der Waals surface area contributed by atoms with Gasteiger partial charge in [-0.05, 0) is 81.5 Å². The highest BCUT2D eigenvalue weighted by Crippen LogP contribution is 2.25. The van der Waals surface area contributed by atoms with Gasteiger partial charge in [-0.1, -0.05) is 23.7 Å². The van der Waals surface area contributed by atoms with Crippen LogP contribution in [0.25, 0.3) is 0 Å². The van der Waals surface area contributed by atoms with Crippen LogP contribution in [0.5, 0.6) is 5.75 Å². The molecule has 0 radical (unpaired) electrons. The minimum atomic E-state index is -3.64. The summed E-state index contributed by atoms with van der Waals surface area (Å²) in [5.41, 5.74) is 1.16. The fourth-order valence-electron chi connectivity index (χ4n) is 3.83. The van der Waals surface area contributed by atoms with Gasteiger partial charge in [0.2, 0.25) is 15.9 Å². The number of aryl methyl sites for hydroxylation is 1. The van der Waals surface area contributed by atoms with Crippen molar-refractivity contribution in [1.82, 2.24) is 9.62 Å². The molecular formula is C24H31ClN2O4S. The van der Waals surface area contributed by atoms with Crippen molar-refractivity contribution in [2.45, 2.75) is 50.5 Å². The highest BCUT2D eigenvalue weighted by molar-refractivity contribution is 7.89. The molecule has 3 rings (SSSR count). The molecule has 174 valence electrons. The molecule has 2 aromatic carbocycles. The van der Waals surface area contributed by atoms with E-state index in [0.29, 0.717) is 31.0 Å². The van der Waals surface area contributed by atoms with Crippen molar-refractivity contribution in [3.05, 3.63) is 59.1 Å². The average Bonchev–Trinajstić information content (AvgIpc) is 2.77. The lowest BCUT2D eigenvalue weighted by molar-refractivity contribution is -0.126. The lowest BCUT2D eigenvalue weighted by Crippen LogP contribution is -2.45. The van der Waals surface area contributed by atoms with Crippen molar-refractivity contribution in [3.8, 4) is 5.75 Å². The maximum atomic E-state index is 12.9. The molecule has 1 heterocycles. The topological polar surface area (TPSA) is 75.7 Å². The van der Waals surface area contributed by atoms with Crippen molar-refractivity contribution in [3.63, 3.8) is 0 Å². The molecule has 32 heavy (non-hydrogen) atoms. The Morgan fingerprint density at radius 3 is 2.69 bits per heavy atom. The molecule has 0 aromatic heterocycles. The molecule has 1 N–H and O–H groups in total. The van der Waals surface area contributed by atoms with Gasteiger partial charge in [-0.3, -0.25) is 4.79 Å². The zero-order valence-electron chi connectivity index (χ0n) is 18.6. The predicted molar refractivity (Wildman–Crippen MR) is 126 cm³/mol. The molecular weight excluding hydrogens is 448 g/mol. The van der Waals surface area contributed by atoms with Gasteiger partial charge in [0.25, 0.3) is 0 Å². The Hall–Kier alpha value is -2.09. The van der Waals surface area contributed by atoms with Gasteiger partial charge < -0.3 is 10.1 Å². The number of sulfonamides is 1. The van der Waals surface area contributed by atoms with E-state index in [0.717, 1.165) is 24.2 Å². The second-order valence-corrected chi connectivity index (χ2v) is 10.7. The van der Waals surface area contributed by atoms with E-state index in [1.165, 1.54) is 16.4 Å². The van der Waals surface area contributed by atoms with Crippen molar-refractivity contribution in [2.75, 3.05) is 19.6 Å². The second-order valence-electron chi connectivity index (χ2n) is 8.36. The van der Waals surface area contributed by atoms with E-state index < -0.39 is 10.0 Å². The van der Waals surface area contributed by atoms with Crippen LogP contribution in [0.4, 0.5) is 0 Å². The molecule has 1 aliphatic heterocycles. The Morgan fingerprint density at radius 1 is 1.22 bits per heavy atom. The van der Waals surface area contributed by atoms with Crippen LogP contribution in [0, 0.1) is 5.92 Å². The summed E-state index contributed by atoms with van der Waals surface area (Å²) in [4.78, 5) is 12.9. The Balaban J connectivity index is 1.49. The summed E-state index contributed by atoms with van der Waals surface area (Å²) < 4.78 is 33.0. The van der Waals surface area contributed by atoms with Gasteiger partial charge in [0, 0.05) is 24.7 Å². The Morgan fingerprint density at radius 2 is 1.97 bits per heavy atom. The molecule has 1 saturated heterocycles. The lowest BCUT2D eigenvalue weighted by atomic mass is 9.99. The quantitative estimate of drug-likeness (QED) is 0.546. The number of nitrogens with one attached hydrogen (secondary N) is 1. The molecule has 6 nitrogen and oxygen atoms in total. The molecule has 0 bridgehead atoms. The number of hydrogen-bond acceptors (Lipinski definition) is 4. The number of benzene rings is 2. The van der Waals surface area contributed by atoms with E-state index in [1.54, 1.807) is 12.1 Å². The minimum Gasteiger partial charge on any atom is -0.491 e. The number of carbonyl (C=O) groups is 1. The highest BCUT2D eigenvalue weighted by Gasteiger charge is 2.33. The van der Waals surface area contributed by atoms with Gasteiger partial charge in [-0.15, -0.1) is 0 Å². The predicted octanol–water partition coefficient (Wildman–Crippen LogP) is 4.28. The number of ether oxygens (including phenoxy) is 1. The average molecular weight is 479 g/mol. The standard InChI is InChI=1S/C24H31ClN2O4S/c1-18(2)31-22-9-3-6-19(16-22)7-4-14-26-24(28)20-8-5-15-27(17-20)32(29,30)23-12-10-21(25)11-13-23/h3,6,9-13,16,18,20H,4-5,7-8,14-15,17H2,1-2H3,(H,26,28). The summed E-state index contributed by atoms with van der Waals surface area (Å²) >= 11 is 5.87. The minimum absolute atomic E-state index is 0.0853. The number of halogens is 1. The third-order valence-electron chi connectivity index (χ3n) is 5.42. The van der Waals surface area contributed by atoms with Gasteiger partial charge in [-0.2, -0.15) is 4.31 Å². The Bertz CT molecular complexity index is 1010. The molecule has 1 fully saturated rings. The van der Waals surface area contributed by atoms with Crippen molar-refractivity contribution in [2.24, 2.45) is 5.92 Å². The maximum absolute atomic E-state index is 12.9. The van der Waals surface area contributed by atoms with Crippen LogP contribution >= 0.6 is 11.6 Å². The van der Waals surface area contributed by atoms with Gasteiger partial charge >= 0.3 is 0 Å². The van der Waals surface area contributed by atoms with Gasteiger partial charge in [-0.25, -0.2) is 8.42 Å².